The van der Waals surface area contributed by atoms with E-state index < -0.39 is 0 Å². The van der Waals surface area contributed by atoms with Crippen LogP contribution < -0.4 is 0 Å². The van der Waals surface area contributed by atoms with Crippen molar-refractivity contribution < 1.29 is 21.3 Å². The molecular weight excluding hydrogens is 591 g/mol. The van der Waals surface area contributed by atoms with Crippen LogP contribution in [-0.2, 0) is 29.3 Å². The molecule has 252 valence electrons. The van der Waals surface area contributed by atoms with Crippen molar-refractivity contribution in [3.8, 4) is 0 Å². The summed E-state index contributed by atoms with van der Waals surface area (Å²) in [6.07, 6.45) is 27.9. The van der Waals surface area contributed by atoms with Crippen molar-refractivity contribution in [2.24, 2.45) is 0 Å². The second-order valence-corrected chi connectivity index (χ2v) is 12.9. The summed E-state index contributed by atoms with van der Waals surface area (Å²) in [6.45, 7) is 9.01. The molecule has 2 rings (SSSR count). The summed E-state index contributed by atoms with van der Waals surface area (Å²) in [4.78, 5) is 3.41. The quantitative estimate of drug-likeness (QED) is 0.0255. The van der Waals surface area contributed by atoms with Gasteiger partial charge in [0.15, 0.2) is 0 Å². The molecule has 2 aromatic rings. The van der Waals surface area contributed by atoms with Gasteiger partial charge in [0.25, 0.3) is 0 Å². The minimum Gasteiger partial charge on any atom is -0.348 e. The monoisotopic (exact) mass is 654 g/mol. The van der Waals surface area contributed by atoms with E-state index in [0.29, 0.717) is 0 Å². The molecule has 3 heteroatoms. The molecule has 0 bridgehead atoms. The Balaban J connectivity index is 0.0000101. The second-order valence-electron chi connectivity index (χ2n) is 12.9. The molecule has 0 aliphatic heterocycles. The van der Waals surface area contributed by atoms with Gasteiger partial charge < -0.3 is 5.53 Å². The maximum absolute atomic E-state index is 9.57. The van der Waals surface area contributed by atoms with Gasteiger partial charge in [-0.15, -0.1) is 4.79 Å². The smallest absolute Gasteiger partial charge is 0.303 e. The Kier molecular flexibility index (Phi) is 24.5. The molecule has 0 heterocycles. The molecule has 0 saturated carbocycles. The normalized spacial score (nSPS) is 11.4. The zero-order valence-electron chi connectivity index (χ0n) is 29.4. The van der Waals surface area contributed by atoms with Gasteiger partial charge in [-0.05, 0) is 78.3 Å². The zero-order valence-corrected chi connectivity index (χ0v) is 30.4. The largest absolute Gasteiger partial charge is 0.348 e. The van der Waals surface area contributed by atoms with Gasteiger partial charge in [0.05, 0.1) is 5.57 Å². The van der Waals surface area contributed by atoms with Gasteiger partial charge in [0, 0.05) is 16.5 Å². The molecule has 0 fully saturated rings. The van der Waals surface area contributed by atoms with Crippen LogP contribution in [0.15, 0.2) is 59.7 Å². The third-order valence-corrected chi connectivity index (χ3v) is 9.05. The van der Waals surface area contributed by atoms with Crippen molar-refractivity contribution in [3.05, 3.63) is 87.5 Å². The van der Waals surface area contributed by atoms with Gasteiger partial charge in [0.2, 0.25) is 0 Å². The van der Waals surface area contributed by atoms with E-state index in [4.69, 9.17) is 0 Å². The fourth-order valence-corrected chi connectivity index (χ4v) is 6.44. The van der Waals surface area contributed by atoms with Crippen molar-refractivity contribution in [2.75, 3.05) is 0 Å². The summed E-state index contributed by atoms with van der Waals surface area (Å²) in [6, 6.07) is 18.4. The number of unbranched alkanes of at least 4 members (excludes halogenated alkanes) is 15. The summed E-state index contributed by atoms with van der Waals surface area (Å²) in [7, 11) is 0. The molecule has 2 nitrogen and oxygen atoms in total. The van der Waals surface area contributed by atoms with Crippen LogP contribution in [0.3, 0.4) is 0 Å². The third-order valence-electron chi connectivity index (χ3n) is 9.05. The molecule has 0 aliphatic carbocycles. The molecule has 0 aliphatic rings. The number of allylic oxidation sites excluding steroid dienone is 2. The predicted octanol–water partition coefficient (Wildman–Crippen LogP) is 13.3. The Morgan fingerprint density at radius 3 is 1.49 bits per heavy atom. The summed E-state index contributed by atoms with van der Waals surface area (Å²) < 4.78 is 0. The van der Waals surface area contributed by atoms with Gasteiger partial charge in [0.1, 0.15) is 0 Å². The molecule has 0 N–H and O–H groups in total. The van der Waals surface area contributed by atoms with Crippen LogP contribution in [0.25, 0.3) is 11.1 Å². The van der Waals surface area contributed by atoms with Gasteiger partial charge in [-0.3, -0.25) is 0 Å². The number of aryl methyl sites for hydroxylation is 2. The van der Waals surface area contributed by atoms with Crippen molar-refractivity contribution in [1.29, 1.82) is 0 Å². The van der Waals surface area contributed by atoms with E-state index in [1.807, 2.05) is 0 Å². The van der Waals surface area contributed by atoms with Crippen LogP contribution in [0.2, 0.25) is 0 Å². The van der Waals surface area contributed by atoms with Crippen LogP contribution in [0.5, 0.6) is 0 Å². The van der Waals surface area contributed by atoms with Crippen LogP contribution in [-0.4, -0.2) is 10.7 Å². The molecule has 0 unspecified atom stereocenters. The molecule has 45 heavy (non-hydrogen) atoms. The van der Waals surface area contributed by atoms with E-state index in [1.165, 1.54) is 143 Å². The minimum atomic E-state index is 0. The first-order chi connectivity index (χ1) is 21.7. The Morgan fingerprint density at radius 2 is 1.02 bits per heavy atom. The fraction of sp³-hybridized carbons (Fsp3) is 0.619. The van der Waals surface area contributed by atoms with E-state index >= 15 is 0 Å². The molecular formula is C42H64N2Ni. The van der Waals surface area contributed by atoms with Gasteiger partial charge in [-0.2, -0.15) is 0 Å². The van der Waals surface area contributed by atoms with E-state index in [-0.39, 0.29) is 16.5 Å². The molecule has 0 saturated heterocycles. The summed E-state index contributed by atoms with van der Waals surface area (Å²) in [5, 5.41) is 0. The Hall–Kier alpha value is -2.17. The molecule has 0 spiro atoms. The van der Waals surface area contributed by atoms with Crippen LogP contribution >= 0.6 is 0 Å². The third kappa shape index (κ3) is 16.8. The van der Waals surface area contributed by atoms with Crippen molar-refractivity contribution in [1.82, 2.24) is 0 Å². The number of rotatable bonds is 25. The predicted molar refractivity (Wildman–Crippen MR) is 193 cm³/mol. The SMILES string of the molecule is CCCCCCCCCCCCCCCc1cccc(C(=C(CC)C(=C=[N+]=[N-])CCCCC)c2cccc(CCCC)c2)c1.[Ni]. The first-order valence-corrected chi connectivity index (χ1v) is 18.6. The summed E-state index contributed by atoms with van der Waals surface area (Å²) >= 11 is 0. The number of nitrogens with zero attached hydrogens (tertiary/aromatic N) is 2. The van der Waals surface area contributed by atoms with E-state index in [2.05, 4.69) is 86.9 Å². The van der Waals surface area contributed by atoms with Crippen molar-refractivity contribution in [2.45, 2.75) is 169 Å². The average molecular weight is 656 g/mol. The number of hydrogen-bond donors (Lipinski definition) is 0. The Bertz CT molecular complexity index is 1170. The maximum atomic E-state index is 9.57. The molecule has 2 aromatic carbocycles. The molecule has 0 aromatic heterocycles. The Labute approximate surface area is 288 Å². The Morgan fingerprint density at radius 1 is 0.578 bits per heavy atom. The van der Waals surface area contributed by atoms with Gasteiger partial charge in [-0.1, -0.05) is 173 Å². The molecule has 0 radical (unpaired) electrons. The first kappa shape index (κ1) is 40.9. The molecule has 0 atom stereocenters. The van der Waals surface area contributed by atoms with Crippen LogP contribution in [0.1, 0.15) is 178 Å². The number of hydrogen-bond acceptors (Lipinski definition) is 0. The zero-order chi connectivity index (χ0) is 31.7. The number of benzene rings is 2. The topological polar surface area (TPSA) is 36.4 Å². The van der Waals surface area contributed by atoms with E-state index in [1.54, 1.807) is 0 Å². The van der Waals surface area contributed by atoms with Gasteiger partial charge >= 0.3 is 5.87 Å². The van der Waals surface area contributed by atoms with Crippen LogP contribution in [0.4, 0.5) is 0 Å². The standard InChI is InChI=1S/C42H64N2.Ni/c1-5-9-12-13-14-15-16-17-18-19-20-21-23-27-37-29-25-32-39(34-37)42(38-31-24-28-36(33-38)26-11-7-3)41(8-4)40(35-44-43)30-22-10-6-2;/h24-25,28-29,31-34H,5-23,26-27,30H2,1-4H3;. The van der Waals surface area contributed by atoms with Crippen LogP contribution in [0, 0.1) is 0 Å². The van der Waals surface area contributed by atoms with E-state index in [0.717, 1.165) is 37.7 Å². The average Bonchev–Trinajstić information content (AvgIpc) is 3.04. The molecule has 0 amide bonds. The summed E-state index contributed by atoms with van der Waals surface area (Å²) in [5.41, 5.74) is 18.5. The summed E-state index contributed by atoms with van der Waals surface area (Å²) in [5.74, 6) is 3.00. The van der Waals surface area contributed by atoms with Crippen molar-refractivity contribution >= 4 is 11.4 Å². The van der Waals surface area contributed by atoms with Crippen molar-refractivity contribution in [3.63, 3.8) is 0 Å². The van der Waals surface area contributed by atoms with Gasteiger partial charge in [-0.25, -0.2) is 0 Å². The second kappa shape index (κ2) is 27.0. The first-order valence-electron chi connectivity index (χ1n) is 18.6. The van der Waals surface area contributed by atoms with E-state index in [9.17, 15) is 5.53 Å². The fourth-order valence-electron chi connectivity index (χ4n) is 6.44. The minimum absolute atomic E-state index is 0. The maximum Gasteiger partial charge on any atom is 0.303 e.